The fourth-order valence-corrected chi connectivity index (χ4v) is 2.93. The summed E-state index contributed by atoms with van der Waals surface area (Å²) in [6, 6.07) is 8.01. The largest absolute Gasteiger partial charge is 0.316 e. The predicted molar refractivity (Wildman–Crippen MR) is 73.0 cm³/mol. The minimum atomic E-state index is 0.0917. The molecule has 0 unspecified atom stereocenters. The van der Waals surface area contributed by atoms with Crippen LogP contribution in [0.15, 0.2) is 30.6 Å². The van der Waals surface area contributed by atoms with E-state index in [1.807, 2.05) is 18.2 Å². The number of rotatable bonds is 3. The van der Waals surface area contributed by atoms with Gasteiger partial charge in [0.05, 0.1) is 0 Å². The Balaban J connectivity index is 1.96. The lowest BCUT2D eigenvalue weighted by molar-refractivity contribution is 0.261. The van der Waals surface area contributed by atoms with Crippen LogP contribution in [0.4, 0.5) is 0 Å². The Hall–Kier alpha value is -1.46. The van der Waals surface area contributed by atoms with Crippen LogP contribution in [-0.4, -0.2) is 33.3 Å². The van der Waals surface area contributed by atoms with E-state index in [0.717, 1.165) is 30.1 Å². The van der Waals surface area contributed by atoms with Gasteiger partial charge in [-0.25, -0.2) is 0 Å². The van der Waals surface area contributed by atoms with Crippen molar-refractivity contribution in [3.63, 3.8) is 0 Å². The summed E-state index contributed by atoms with van der Waals surface area (Å²) in [6.45, 7) is 2.06. The topological polar surface area (TPSA) is 55.6 Å². The monoisotopic (exact) mass is 277 g/mol. The van der Waals surface area contributed by atoms with Gasteiger partial charge in [0.2, 0.25) is 0 Å². The molecule has 5 nitrogen and oxygen atoms in total. The molecule has 0 spiro atoms. The van der Waals surface area contributed by atoms with Crippen molar-refractivity contribution in [3.05, 3.63) is 41.2 Å². The molecule has 1 fully saturated rings. The Morgan fingerprint density at radius 2 is 2.37 bits per heavy atom. The molecule has 3 rings (SSSR count). The molecule has 1 aromatic heterocycles. The van der Waals surface area contributed by atoms with E-state index >= 15 is 0 Å². The minimum absolute atomic E-state index is 0.0917. The summed E-state index contributed by atoms with van der Waals surface area (Å²) in [5, 5.41) is 16.3. The second-order valence-electron chi connectivity index (χ2n) is 4.86. The number of benzene rings is 1. The summed E-state index contributed by atoms with van der Waals surface area (Å²) in [6.07, 6.45) is 3.82. The third-order valence-electron chi connectivity index (χ3n) is 3.59. The van der Waals surface area contributed by atoms with E-state index in [1.54, 1.807) is 4.80 Å². The van der Waals surface area contributed by atoms with Gasteiger partial charge >= 0.3 is 0 Å². The smallest absolute Gasteiger partial charge is 0.162 e. The average molecular weight is 278 g/mol. The highest BCUT2D eigenvalue weighted by Crippen LogP contribution is 2.30. The number of nitrogens with zero attached hydrogens (tertiary/aromatic N) is 4. The first-order valence-corrected chi connectivity index (χ1v) is 6.91. The molecule has 1 saturated heterocycles. The Labute approximate surface area is 117 Å². The second kappa shape index (κ2) is 5.67. The Morgan fingerprint density at radius 3 is 3.05 bits per heavy atom. The Bertz CT molecular complexity index is 522. The van der Waals surface area contributed by atoms with E-state index in [4.69, 9.17) is 11.6 Å². The van der Waals surface area contributed by atoms with Crippen molar-refractivity contribution in [2.24, 2.45) is 5.92 Å². The third-order valence-corrected chi connectivity index (χ3v) is 3.82. The summed E-state index contributed by atoms with van der Waals surface area (Å²) >= 11 is 6.11. The molecule has 0 saturated carbocycles. The van der Waals surface area contributed by atoms with Gasteiger partial charge in [0.25, 0.3) is 0 Å². The molecule has 1 aromatic carbocycles. The average Bonchev–Trinajstić information content (AvgIpc) is 2.94. The first kappa shape index (κ1) is 12.6. The van der Waals surface area contributed by atoms with Gasteiger partial charge in [0, 0.05) is 11.6 Å². The van der Waals surface area contributed by atoms with Gasteiger partial charge in [0.1, 0.15) is 6.04 Å². The maximum atomic E-state index is 6.11. The van der Waals surface area contributed by atoms with Gasteiger partial charge in [-0.1, -0.05) is 23.7 Å². The van der Waals surface area contributed by atoms with E-state index in [1.165, 1.54) is 12.7 Å². The van der Waals surface area contributed by atoms with Crippen LogP contribution < -0.4 is 5.32 Å². The van der Waals surface area contributed by atoms with Crippen molar-refractivity contribution in [2.45, 2.75) is 18.9 Å². The molecular weight excluding hydrogens is 262 g/mol. The van der Waals surface area contributed by atoms with Crippen molar-refractivity contribution < 1.29 is 0 Å². The maximum Gasteiger partial charge on any atom is 0.162 e. The molecule has 0 amide bonds. The number of hydrogen-bond acceptors (Lipinski definition) is 4. The zero-order chi connectivity index (χ0) is 13.1. The first-order chi connectivity index (χ1) is 9.34. The molecule has 0 aliphatic carbocycles. The number of piperidine rings is 1. The summed E-state index contributed by atoms with van der Waals surface area (Å²) in [7, 11) is 0. The number of aromatic nitrogens is 4. The molecule has 19 heavy (non-hydrogen) atoms. The van der Waals surface area contributed by atoms with Crippen LogP contribution in [0.2, 0.25) is 5.02 Å². The molecule has 6 heteroatoms. The van der Waals surface area contributed by atoms with E-state index < -0.39 is 0 Å². The fraction of sp³-hybridized carbons (Fsp3) is 0.462. The van der Waals surface area contributed by atoms with Crippen molar-refractivity contribution in [2.75, 3.05) is 13.1 Å². The van der Waals surface area contributed by atoms with E-state index in [2.05, 4.69) is 26.8 Å². The molecule has 2 aromatic rings. The van der Waals surface area contributed by atoms with Crippen LogP contribution in [0.25, 0.3) is 0 Å². The number of hydrogen-bond donors (Lipinski definition) is 1. The van der Waals surface area contributed by atoms with Gasteiger partial charge in [-0.15, -0.1) is 10.2 Å². The summed E-state index contributed by atoms with van der Waals surface area (Å²) in [4.78, 5) is 1.70. The normalized spacial score (nSPS) is 21.2. The minimum Gasteiger partial charge on any atom is -0.316 e. The molecule has 1 aliphatic rings. The van der Waals surface area contributed by atoms with Gasteiger partial charge in [-0.05, 0) is 48.2 Å². The van der Waals surface area contributed by atoms with Crippen LogP contribution in [0, 0.1) is 5.92 Å². The Morgan fingerprint density at radius 1 is 1.42 bits per heavy atom. The number of halogens is 1. The van der Waals surface area contributed by atoms with E-state index in [9.17, 15) is 0 Å². The second-order valence-corrected chi connectivity index (χ2v) is 5.30. The van der Waals surface area contributed by atoms with Crippen LogP contribution in [0.3, 0.4) is 0 Å². The summed E-state index contributed by atoms with van der Waals surface area (Å²) in [5.74, 6) is 0.460. The van der Waals surface area contributed by atoms with Crippen LogP contribution >= 0.6 is 11.6 Å². The molecule has 2 atom stereocenters. The van der Waals surface area contributed by atoms with Crippen molar-refractivity contribution in [1.29, 1.82) is 0 Å². The molecule has 1 aliphatic heterocycles. The Kier molecular flexibility index (Phi) is 3.75. The first-order valence-electron chi connectivity index (χ1n) is 6.53. The molecule has 0 bridgehead atoms. The molecular formula is C13H16ClN5. The van der Waals surface area contributed by atoms with Crippen molar-refractivity contribution in [1.82, 2.24) is 25.5 Å². The van der Waals surface area contributed by atoms with Crippen LogP contribution in [0.5, 0.6) is 0 Å². The molecule has 0 radical (unpaired) electrons. The van der Waals surface area contributed by atoms with Crippen LogP contribution in [-0.2, 0) is 0 Å². The lowest BCUT2D eigenvalue weighted by atomic mass is 9.87. The highest BCUT2D eigenvalue weighted by Gasteiger charge is 2.28. The highest BCUT2D eigenvalue weighted by molar-refractivity contribution is 6.30. The number of nitrogens with one attached hydrogen (secondary N) is 1. The van der Waals surface area contributed by atoms with Gasteiger partial charge in [-0.3, -0.25) is 0 Å². The van der Waals surface area contributed by atoms with Crippen molar-refractivity contribution in [3.8, 4) is 0 Å². The SMILES string of the molecule is Clc1cccc([C@H]([C@H]2CCCNC2)n2ncnn2)c1. The third kappa shape index (κ3) is 2.77. The van der Waals surface area contributed by atoms with E-state index in [-0.39, 0.29) is 6.04 Å². The standard InChI is InChI=1S/C13H16ClN5/c14-12-5-1-3-10(7-12)13(19-17-9-16-18-19)11-4-2-6-15-8-11/h1,3,5,7,9,11,13,15H,2,4,6,8H2/t11-,13+/m0/s1. The van der Waals surface area contributed by atoms with Gasteiger partial charge < -0.3 is 5.32 Å². The molecule has 1 N–H and O–H groups in total. The highest BCUT2D eigenvalue weighted by atomic mass is 35.5. The lowest BCUT2D eigenvalue weighted by Crippen LogP contribution is -2.36. The molecule has 2 heterocycles. The lowest BCUT2D eigenvalue weighted by Gasteiger charge is -2.30. The fourth-order valence-electron chi connectivity index (χ4n) is 2.74. The van der Waals surface area contributed by atoms with Gasteiger partial charge in [-0.2, -0.15) is 4.80 Å². The maximum absolute atomic E-state index is 6.11. The zero-order valence-corrected chi connectivity index (χ0v) is 11.3. The molecule has 100 valence electrons. The van der Waals surface area contributed by atoms with E-state index in [0.29, 0.717) is 5.92 Å². The van der Waals surface area contributed by atoms with Gasteiger partial charge in [0.15, 0.2) is 6.33 Å². The summed E-state index contributed by atoms with van der Waals surface area (Å²) in [5.41, 5.74) is 1.14. The zero-order valence-electron chi connectivity index (χ0n) is 10.5. The predicted octanol–water partition coefficient (Wildman–Crippen LogP) is 1.92. The van der Waals surface area contributed by atoms with Crippen LogP contribution in [0.1, 0.15) is 24.4 Å². The summed E-state index contributed by atoms with van der Waals surface area (Å²) < 4.78 is 0. The number of tetrazole rings is 1. The quantitative estimate of drug-likeness (QED) is 0.931. The van der Waals surface area contributed by atoms with Crippen molar-refractivity contribution >= 4 is 11.6 Å².